The molecule has 2 fully saturated rings. The monoisotopic (exact) mass is 550 g/mol. The van der Waals surface area contributed by atoms with Gasteiger partial charge in [0.2, 0.25) is 0 Å². The highest BCUT2D eigenvalue weighted by atomic mass is 19.1. The van der Waals surface area contributed by atoms with Gasteiger partial charge in [-0.3, -0.25) is 10.2 Å². The second-order valence-electron chi connectivity index (χ2n) is 10.5. The molecule has 10 heteroatoms. The molecule has 2 heterocycles. The maximum atomic E-state index is 13.7. The maximum absolute atomic E-state index is 13.7. The van der Waals surface area contributed by atoms with Gasteiger partial charge in [-0.2, -0.15) is 0 Å². The fourth-order valence-corrected chi connectivity index (χ4v) is 5.40. The summed E-state index contributed by atoms with van der Waals surface area (Å²) in [7, 11) is 0. The number of benzene rings is 2. The Morgan fingerprint density at radius 3 is 2.55 bits per heavy atom. The fraction of sp³-hybridized carbons (Fsp3) is 0.400. The lowest BCUT2D eigenvalue weighted by Crippen LogP contribution is -2.44. The van der Waals surface area contributed by atoms with Gasteiger partial charge in [0.15, 0.2) is 0 Å². The molecule has 6 N–H and O–H groups in total. The van der Waals surface area contributed by atoms with E-state index >= 15 is 0 Å². The van der Waals surface area contributed by atoms with E-state index in [-0.39, 0.29) is 18.3 Å². The number of nitrogens with zero attached hydrogens (tertiary/aromatic N) is 1. The average Bonchev–Trinajstić information content (AvgIpc) is 2.94. The summed E-state index contributed by atoms with van der Waals surface area (Å²) in [5, 5.41) is 18.4. The number of nitrogens with two attached hydrogens (primary N) is 1. The van der Waals surface area contributed by atoms with Crippen LogP contribution in [-0.4, -0.2) is 63.2 Å². The Labute approximate surface area is 233 Å². The van der Waals surface area contributed by atoms with Crippen molar-refractivity contribution < 1.29 is 18.3 Å². The van der Waals surface area contributed by atoms with Gasteiger partial charge in [0.05, 0.1) is 11.5 Å². The third-order valence-corrected chi connectivity index (χ3v) is 7.56. The van der Waals surface area contributed by atoms with Crippen LogP contribution in [0.2, 0.25) is 0 Å². The van der Waals surface area contributed by atoms with Gasteiger partial charge >= 0.3 is 0 Å². The predicted octanol–water partition coefficient (Wildman–Crippen LogP) is 3.35. The molecular weight excluding hydrogens is 514 g/mol. The van der Waals surface area contributed by atoms with Crippen LogP contribution in [0.25, 0.3) is 0 Å². The number of carbonyl (C=O) groups excluding carboxylic acids is 1. The van der Waals surface area contributed by atoms with E-state index in [1.54, 1.807) is 18.2 Å². The van der Waals surface area contributed by atoms with Crippen LogP contribution in [0.5, 0.6) is 0 Å². The summed E-state index contributed by atoms with van der Waals surface area (Å²) < 4.78 is 32.8. The molecule has 2 aromatic carbocycles. The summed E-state index contributed by atoms with van der Waals surface area (Å²) in [6.07, 6.45) is 7.30. The van der Waals surface area contributed by atoms with E-state index in [1.807, 2.05) is 18.2 Å². The topological polar surface area (TPSA) is 116 Å². The molecular formula is C30H36F2N6O2. The van der Waals surface area contributed by atoms with Gasteiger partial charge in [0, 0.05) is 68.9 Å². The van der Waals surface area contributed by atoms with Crippen LogP contribution < -0.4 is 26.6 Å². The Kier molecular flexibility index (Phi) is 8.88. The SMILES string of the molecule is N=C(NC(=O)c1ccc(N2CCNCC2)cc1NC1CCOCC1)C1C=C(Cc2cc(F)cc(F)c2)C=CC1N. The van der Waals surface area contributed by atoms with E-state index in [9.17, 15) is 13.6 Å². The predicted molar refractivity (Wildman–Crippen MR) is 153 cm³/mol. The summed E-state index contributed by atoms with van der Waals surface area (Å²) in [5.41, 5.74) is 9.74. The second kappa shape index (κ2) is 12.7. The number of piperazine rings is 1. The highest BCUT2D eigenvalue weighted by Crippen LogP contribution is 2.27. The van der Waals surface area contributed by atoms with E-state index in [2.05, 4.69) is 20.9 Å². The van der Waals surface area contributed by atoms with Crippen LogP contribution >= 0.6 is 0 Å². The summed E-state index contributed by atoms with van der Waals surface area (Å²) in [5.74, 6) is -2.30. The molecule has 5 rings (SSSR count). The summed E-state index contributed by atoms with van der Waals surface area (Å²) in [4.78, 5) is 15.8. The van der Waals surface area contributed by atoms with Crippen molar-refractivity contribution in [2.24, 2.45) is 11.7 Å². The number of amides is 1. The van der Waals surface area contributed by atoms with Crippen molar-refractivity contribution >= 4 is 23.1 Å². The van der Waals surface area contributed by atoms with Crippen molar-refractivity contribution in [1.82, 2.24) is 10.6 Å². The summed E-state index contributed by atoms with van der Waals surface area (Å²) in [6.45, 7) is 4.92. The van der Waals surface area contributed by atoms with Crippen LogP contribution in [-0.2, 0) is 11.2 Å². The number of carbonyl (C=O) groups is 1. The number of halogens is 2. The molecule has 0 saturated carbocycles. The van der Waals surface area contributed by atoms with E-state index in [0.717, 1.165) is 62.0 Å². The van der Waals surface area contributed by atoms with Crippen LogP contribution in [0.3, 0.4) is 0 Å². The van der Waals surface area contributed by atoms with Gasteiger partial charge in [0.25, 0.3) is 5.91 Å². The molecule has 0 aromatic heterocycles. The van der Waals surface area contributed by atoms with Crippen LogP contribution in [0, 0.1) is 23.0 Å². The highest BCUT2D eigenvalue weighted by Gasteiger charge is 2.26. The number of anilines is 2. The van der Waals surface area contributed by atoms with Crippen molar-refractivity contribution in [3.63, 3.8) is 0 Å². The Morgan fingerprint density at radius 2 is 1.82 bits per heavy atom. The standard InChI is InChI=1S/C30H36F2N6O2/c31-21-14-20(15-22(32)17-21)13-19-1-4-27(33)26(16-19)29(34)37-30(39)25-3-2-24(38-9-7-35-8-10-38)18-28(25)36-23-5-11-40-12-6-23/h1-4,14-18,23,26-27,35-36H,5-13,33H2,(H2,34,37,39). The molecule has 40 heavy (non-hydrogen) atoms. The van der Waals surface area contributed by atoms with Crippen molar-refractivity contribution in [1.29, 1.82) is 5.41 Å². The van der Waals surface area contributed by atoms with Gasteiger partial charge in [-0.05, 0) is 60.7 Å². The second-order valence-corrected chi connectivity index (χ2v) is 10.5. The van der Waals surface area contributed by atoms with E-state index in [0.29, 0.717) is 24.3 Å². The van der Waals surface area contributed by atoms with Crippen LogP contribution in [0.15, 0.2) is 60.2 Å². The lowest BCUT2D eigenvalue weighted by Gasteiger charge is -2.31. The smallest absolute Gasteiger partial charge is 0.258 e. The minimum absolute atomic E-state index is 0.0343. The molecule has 3 aliphatic rings. The summed E-state index contributed by atoms with van der Waals surface area (Å²) in [6, 6.07) is 8.84. The van der Waals surface area contributed by atoms with Gasteiger partial charge in [-0.1, -0.05) is 18.2 Å². The van der Waals surface area contributed by atoms with Crippen LogP contribution in [0.4, 0.5) is 20.2 Å². The molecule has 212 valence electrons. The van der Waals surface area contributed by atoms with Gasteiger partial charge in [0.1, 0.15) is 17.5 Å². The first-order valence-corrected chi connectivity index (χ1v) is 13.8. The molecule has 2 aliphatic heterocycles. The minimum Gasteiger partial charge on any atom is -0.381 e. The van der Waals surface area contributed by atoms with Crippen LogP contribution in [0.1, 0.15) is 28.8 Å². The lowest BCUT2D eigenvalue weighted by atomic mass is 9.88. The van der Waals surface area contributed by atoms with Crippen molar-refractivity contribution in [3.05, 3.63) is 83.0 Å². The zero-order chi connectivity index (χ0) is 28.1. The third kappa shape index (κ3) is 6.93. The summed E-state index contributed by atoms with van der Waals surface area (Å²) >= 11 is 0. The van der Waals surface area contributed by atoms with E-state index in [1.165, 1.54) is 12.1 Å². The van der Waals surface area contributed by atoms with Crippen molar-refractivity contribution in [3.8, 4) is 0 Å². The minimum atomic E-state index is -0.642. The molecule has 2 aromatic rings. The molecule has 1 amide bonds. The van der Waals surface area contributed by atoms with E-state index < -0.39 is 29.5 Å². The number of hydrogen-bond acceptors (Lipinski definition) is 7. The molecule has 2 unspecified atom stereocenters. The number of allylic oxidation sites excluding steroid dienone is 2. The van der Waals surface area contributed by atoms with Gasteiger partial charge in [-0.25, -0.2) is 8.78 Å². The molecule has 0 radical (unpaired) electrons. The average molecular weight is 551 g/mol. The van der Waals surface area contributed by atoms with Gasteiger partial charge in [-0.15, -0.1) is 0 Å². The largest absolute Gasteiger partial charge is 0.381 e. The molecule has 2 saturated heterocycles. The third-order valence-electron chi connectivity index (χ3n) is 7.56. The van der Waals surface area contributed by atoms with Crippen molar-refractivity contribution in [2.75, 3.05) is 49.6 Å². The molecule has 1 aliphatic carbocycles. The van der Waals surface area contributed by atoms with Gasteiger partial charge < -0.3 is 31.3 Å². The lowest BCUT2D eigenvalue weighted by molar-refractivity contribution is 0.0904. The fourth-order valence-electron chi connectivity index (χ4n) is 5.40. The quantitative estimate of drug-likeness (QED) is 0.267. The number of nitrogens with one attached hydrogen (secondary N) is 4. The number of amidine groups is 1. The zero-order valence-corrected chi connectivity index (χ0v) is 22.4. The number of hydrogen-bond donors (Lipinski definition) is 5. The number of ether oxygens (including phenoxy) is 1. The Balaban J connectivity index is 1.32. The normalized spacial score (nSPS) is 21.6. The molecule has 2 atom stereocenters. The molecule has 0 spiro atoms. The number of rotatable bonds is 7. The highest BCUT2D eigenvalue weighted by molar-refractivity contribution is 6.10. The zero-order valence-electron chi connectivity index (χ0n) is 22.4. The van der Waals surface area contributed by atoms with Crippen molar-refractivity contribution in [2.45, 2.75) is 31.3 Å². The Hall–Kier alpha value is -3.60. The first kappa shape index (κ1) is 27.9. The maximum Gasteiger partial charge on any atom is 0.258 e. The Bertz CT molecular complexity index is 1280. The molecule has 8 nitrogen and oxygen atoms in total. The Morgan fingerprint density at radius 1 is 1.10 bits per heavy atom. The first-order chi connectivity index (χ1) is 19.4. The van der Waals surface area contributed by atoms with E-state index in [4.69, 9.17) is 15.9 Å². The molecule has 0 bridgehead atoms. The first-order valence-electron chi connectivity index (χ1n) is 13.8.